The lowest BCUT2D eigenvalue weighted by Crippen LogP contribution is -2.18. The average Bonchev–Trinajstić information content (AvgIpc) is 3.26. The van der Waals surface area contributed by atoms with Crippen LogP contribution in [0.3, 0.4) is 0 Å². The molecule has 0 radical (unpaired) electrons. The molecule has 164 valence electrons. The first-order valence-electron chi connectivity index (χ1n) is 10.8. The zero-order chi connectivity index (χ0) is 21.9. The van der Waals surface area contributed by atoms with E-state index in [1.165, 1.54) is 32.1 Å². The Morgan fingerprint density at radius 2 is 1.72 bits per heavy atom. The van der Waals surface area contributed by atoms with Crippen molar-refractivity contribution >= 4 is 39.9 Å². The second-order valence-corrected chi connectivity index (χ2v) is 8.97. The first-order chi connectivity index (χ1) is 15.6. The smallest absolute Gasteiger partial charge is 0.253 e. The Labute approximate surface area is 196 Å². The molecule has 6 nitrogen and oxygen atoms in total. The van der Waals surface area contributed by atoms with E-state index in [4.69, 9.17) is 37.9 Å². The highest BCUT2D eigenvalue weighted by molar-refractivity contribution is 6.30. The summed E-state index contributed by atoms with van der Waals surface area (Å²) < 4.78 is 7.62. The van der Waals surface area contributed by atoms with Crippen LogP contribution in [-0.4, -0.2) is 26.3 Å². The van der Waals surface area contributed by atoms with Gasteiger partial charge < -0.3 is 10.1 Å². The highest BCUT2D eigenvalue weighted by atomic mass is 35.5. The molecule has 32 heavy (non-hydrogen) atoms. The minimum absolute atomic E-state index is 0.474. The van der Waals surface area contributed by atoms with Gasteiger partial charge in [0.15, 0.2) is 0 Å². The lowest BCUT2D eigenvalue weighted by atomic mass is 9.89. The van der Waals surface area contributed by atoms with Crippen LogP contribution in [0.25, 0.3) is 16.9 Å². The summed E-state index contributed by atoms with van der Waals surface area (Å²) in [5, 5.41) is 9.94. The molecule has 5 rings (SSSR count). The van der Waals surface area contributed by atoms with Crippen LogP contribution >= 0.6 is 23.2 Å². The van der Waals surface area contributed by atoms with Crippen molar-refractivity contribution in [2.24, 2.45) is 5.92 Å². The van der Waals surface area contributed by atoms with Crippen molar-refractivity contribution < 1.29 is 4.74 Å². The molecule has 0 atom stereocenters. The molecule has 1 aliphatic carbocycles. The maximum atomic E-state index is 6.06. The minimum Gasteiger partial charge on any atom is -0.457 e. The van der Waals surface area contributed by atoms with E-state index >= 15 is 0 Å². The SMILES string of the molecule is Clc1ccc(Oc2ccc3nc(-n4cc(Cl)cn4)nc(NCC4CCCCC4)c3c2)cc1. The minimum atomic E-state index is 0.474. The second kappa shape index (κ2) is 9.35. The maximum Gasteiger partial charge on any atom is 0.253 e. The summed E-state index contributed by atoms with van der Waals surface area (Å²) in [5.41, 5.74) is 0.802. The van der Waals surface area contributed by atoms with Crippen molar-refractivity contribution in [1.29, 1.82) is 0 Å². The van der Waals surface area contributed by atoms with E-state index in [2.05, 4.69) is 10.4 Å². The number of nitrogens with zero attached hydrogens (tertiary/aromatic N) is 4. The molecule has 8 heteroatoms. The molecule has 1 N–H and O–H groups in total. The van der Waals surface area contributed by atoms with E-state index in [9.17, 15) is 0 Å². The fourth-order valence-electron chi connectivity index (χ4n) is 4.08. The third-order valence-electron chi connectivity index (χ3n) is 5.74. The first kappa shape index (κ1) is 21.0. The van der Waals surface area contributed by atoms with Crippen LogP contribution in [0.2, 0.25) is 10.0 Å². The maximum absolute atomic E-state index is 6.06. The van der Waals surface area contributed by atoms with Crippen LogP contribution < -0.4 is 10.1 Å². The predicted octanol–water partition coefficient (Wildman–Crippen LogP) is 6.91. The molecule has 1 aliphatic rings. The van der Waals surface area contributed by atoms with Crippen LogP contribution in [0, 0.1) is 5.92 Å². The van der Waals surface area contributed by atoms with Crippen LogP contribution in [-0.2, 0) is 0 Å². The molecule has 0 spiro atoms. The van der Waals surface area contributed by atoms with Gasteiger partial charge in [0, 0.05) is 17.0 Å². The third kappa shape index (κ3) is 4.81. The van der Waals surface area contributed by atoms with Gasteiger partial charge in [-0.25, -0.2) is 9.67 Å². The number of benzene rings is 2. The highest BCUT2D eigenvalue weighted by Crippen LogP contribution is 2.31. The zero-order valence-electron chi connectivity index (χ0n) is 17.5. The average molecular weight is 468 g/mol. The molecule has 4 aromatic rings. The summed E-state index contributed by atoms with van der Waals surface area (Å²) in [6, 6.07) is 13.1. The van der Waals surface area contributed by atoms with Crippen molar-refractivity contribution in [2.45, 2.75) is 32.1 Å². The molecular formula is C24H23Cl2N5O. The number of nitrogens with one attached hydrogen (secondary N) is 1. The van der Waals surface area contributed by atoms with Gasteiger partial charge >= 0.3 is 0 Å². The summed E-state index contributed by atoms with van der Waals surface area (Å²) in [7, 11) is 0. The topological polar surface area (TPSA) is 64.9 Å². The number of halogens is 2. The van der Waals surface area contributed by atoms with Gasteiger partial charge in [-0.15, -0.1) is 0 Å². The van der Waals surface area contributed by atoms with Crippen LogP contribution in [0.1, 0.15) is 32.1 Å². The summed E-state index contributed by atoms with van der Waals surface area (Å²) in [6.07, 6.45) is 9.71. The fourth-order valence-corrected chi connectivity index (χ4v) is 4.34. The van der Waals surface area contributed by atoms with Gasteiger partial charge in [-0.1, -0.05) is 42.5 Å². The molecule has 2 heterocycles. The number of fused-ring (bicyclic) bond motifs is 1. The number of aromatic nitrogens is 4. The molecule has 0 aliphatic heterocycles. The molecule has 2 aromatic carbocycles. The number of hydrogen-bond acceptors (Lipinski definition) is 5. The zero-order valence-corrected chi connectivity index (χ0v) is 19.0. The number of ether oxygens (including phenoxy) is 1. The summed E-state index contributed by atoms with van der Waals surface area (Å²) in [5.74, 6) is 3.32. The van der Waals surface area contributed by atoms with Crippen molar-refractivity contribution in [3.63, 3.8) is 0 Å². The third-order valence-corrected chi connectivity index (χ3v) is 6.19. The quantitative estimate of drug-likeness (QED) is 0.333. The Kier molecular flexibility index (Phi) is 6.14. The molecule has 0 unspecified atom stereocenters. The van der Waals surface area contributed by atoms with Gasteiger partial charge in [-0.05, 0) is 61.2 Å². The van der Waals surface area contributed by atoms with Crippen LogP contribution in [0.5, 0.6) is 11.5 Å². The van der Waals surface area contributed by atoms with Crippen molar-refractivity contribution in [3.8, 4) is 17.4 Å². The number of rotatable bonds is 6. The lowest BCUT2D eigenvalue weighted by molar-refractivity contribution is 0.373. The normalized spacial score (nSPS) is 14.6. The standard InChI is InChI=1S/C24H23Cl2N5O/c25-17-6-8-19(9-7-17)32-20-10-11-22-21(12-20)23(27-13-16-4-2-1-3-5-16)30-24(29-22)31-15-18(26)14-28-31/h6-12,14-16H,1-5,13H2,(H,27,29,30). The lowest BCUT2D eigenvalue weighted by Gasteiger charge is -2.22. The van der Waals surface area contributed by atoms with Crippen LogP contribution in [0.4, 0.5) is 5.82 Å². The molecule has 1 saturated carbocycles. The van der Waals surface area contributed by atoms with Gasteiger partial charge in [0.2, 0.25) is 0 Å². The number of anilines is 1. The van der Waals surface area contributed by atoms with Gasteiger partial charge in [0.25, 0.3) is 5.95 Å². The molecule has 0 bridgehead atoms. The Hall–Kier alpha value is -2.83. The predicted molar refractivity (Wildman–Crippen MR) is 128 cm³/mol. The number of hydrogen-bond donors (Lipinski definition) is 1. The van der Waals surface area contributed by atoms with Gasteiger partial charge in [-0.2, -0.15) is 10.1 Å². The summed E-state index contributed by atoms with van der Waals surface area (Å²) in [4.78, 5) is 9.47. The van der Waals surface area contributed by atoms with E-state index in [-0.39, 0.29) is 0 Å². The van der Waals surface area contributed by atoms with E-state index < -0.39 is 0 Å². The highest BCUT2D eigenvalue weighted by Gasteiger charge is 2.16. The largest absolute Gasteiger partial charge is 0.457 e. The second-order valence-electron chi connectivity index (χ2n) is 8.10. The Morgan fingerprint density at radius 1 is 0.938 bits per heavy atom. The molecule has 2 aromatic heterocycles. The van der Waals surface area contributed by atoms with Gasteiger partial charge in [-0.3, -0.25) is 0 Å². The van der Waals surface area contributed by atoms with Crippen molar-refractivity contribution in [1.82, 2.24) is 19.7 Å². The molecule has 1 fully saturated rings. The summed E-state index contributed by atoms with van der Waals surface area (Å²) in [6.45, 7) is 0.883. The van der Waals surface area contributed by atoms with Gasteiger partial charge in [0.05, 0.1) is 22.9 Å². The molecule has 0 amide bonds. The summed E-state index contributed by atoms with van der Waals surface area (Å²) >= 11 is 12.0. The Morgan fingerprint density at radius 3 is 2.47 bits per heavy atom. The Balaban J connectivity index is 1.49. The van der Waals surface area contributed by atoms with Crippen LogP contribution in [0.15, 0.2) is 54.9 Å². The van der Waals surface area contributed by atoms with E-state index in [1.54, 1.807) is 29.2 Å². The molecular weight excluding hydrogens is 445 g/mol. The monoisotopic (exact) mass is 467 g/mol. The molecule has 0 saturated heterocycles. The van der Waals surface area contributed by atoms with Crippen molar-refractivity contribution in [3.05, 3.63) is 64.9 Å². The Bertz CT molecular complexity index is 1220. The van der Waals surface area contributed by atoms with Gasteiger partial charge in [0.1, 0.15) is 17.3 Å². The van der Waals surface area contributed by atoms with Crippen molar-refractivity contribution in [2.75, 3.05) is 11.9 Å². The van der Waals surface area contributed by atoms with E-state index in [0.29, 0.717) is 33.4 Å². The first-order valence-corrected chi connectivity index (χ1v) is 11.6. The van der Waals surface area contributed by atoms with E-state index in [0.717, 1.165) is 23.3 Å². The fraction of sp³-hybridized carbons (Fsp3) is 0.292. The van der Waals surface area contributed by atoms with E-state index in [1.807, 2.05) is 30.3 Å².